The highest BCUT2D eigenvalue weighted by Gasteiger charge is 2.39. The van der Waals surface area contributed by atoms with Crippen molar-refractivity contribution in [3.8, 4) is 0 Å². The highest BCUT2D eigenvalue weighted by Crippen LogP contribution is 2.32. The van der Waals surface area contributed by atoms with Crippen LogP contribution in [-0.2, 0) is 22.5 Å². The highest BCUT2D eigenvalue weighted by molar-refractivity contribution is 5.89. The fourth-order valence-electron chi connectivity index (χ4n) is 4.93. The van der Waals surface area contributed by atoms with E-state index in [0.717, 1.165) is 38.0 Å². The number of carbonyl (C=O) groups excluding carboxylic acids is 2. The van der Waals surface area contributed by atoms with Gasteiger partial charge < -0.3 is 9.64 Å². The fourth-order valence-corrected chi connectivity index (χ4v) is 4.93. The van der Waals surface area contributed by atoms with E-state index in [0.29, 0.717) is 36.4 Å². The van der Waals surface area contributed by atoms with E-state index in [4.69, 9.17) is 4.74 Å². The third kappa shape index (κ3) is 4.96. The third-order valence-electron chi connectivity index (χ3n) is 6.59. The van der Waals surface area contributed by atoms with Gasteiger partial charge in [0.1, 0.15) is 5.82 Å². The number of nitrogens with zero attached hydrogens (tertiary/aromatic N) is 2. The van der Waals surface area contributed by atoms with Crippen molar-refractivity contribution in [1.29, 1.82) is 0 Å². The monoisotopic (exact) mass is 424 g/mol. The first-order chi connectivity index (χ1) is 15.0. The number of fused-ring (bicyclic) bond motifs is 1. The molecule has 2 heterocycles. The summed E-state index contributed by atoms with van der Waals surface area (Å²) in [5, 5.41) is 0. The van der Waals surface area contributed by atoms with Gasteiger partial charge in [0.05, 0.1) is 12.7 Å². The highest BCUT2D eigenvalue weighted by atomic mass is 19.1. The van der Waals surface area contributed by atoms with Crippen LogP contribution in [0.2, 0.25) is 0 Å². The number of halogens is 1. The standard InChI is InChI=1S/C25H29FN2O3/c1-31-25(30)20-8-6-18(7-9-20)16-27-14-13-23-21(17-27)10-11-24(29)28(23)15-12-19-4-2-3-5-22(19)26/h2-9,21,23H,10-17H2,1H3/t21-,23+/m1/s1. The van der Waals surface area contributed by atoms with Crippen LogP contribution < -0.4 is 0 Å². The molecule has 2 atom stereocenters. The number of methoxy groups -OCH3 is 1. The Morgan fingerprint density at radius 1 is 1.13 bits per heavy atom. The van der Waals surface area contributed by atoms with Gasteiger partial charge in [-0.25, -0.2) is 9.18 Å². The zero-order valence-electron chi connectivity index (χ0n) is 17.9. The van der Waals surface area contributed by atoms with Crippen LogP contribution in [0, 0.1) is 11.7 Å². The quantitative estimate of drug-likeness (QED) is 0.664. The van der Waals surface area contributed by atoms with E-state index in [1.54, 1.807) is 24.3 Å². The van der Waals surface area contributed by atoms with Gasteiger partial charge in [0, 0.05) is 38.6 Å². The molecule has 1 amide bonds. The van der Waals surface area contributed by atoms with Crippen LogP contribution in [0.3, 0.4) is 0 Å². The van der Waals surface area contributed by atoms with Crippen LogP contribution in [0.15, 0.2) is 48.5 Å². The number of benzene rings is 2. The zero-order chi connectivity index (χ0) is 21.8. The predicted octanol–water partition coefficient (Wildman–Crippen LogP) is 3.67. The fraction of sp³-hybridized carbons (Fsp3) is 0.440. The molecule has 0 N–H and O–H groups in total. The number of piperidine rings is 2. The molecule has 6 heteroatoms. The van der Waals surface area contributed by atoms with Crippen LogP contribution in [0.25, 0.3) is 0 Å². The first kappa shape index (κ1) is 21.5. The van der Waals surface area contributed by atoms with Crippen LogP contribution in [0.5, 0.6) is 0 Å². The van der Waals surface area contributed by atoms with Crippen LogP contribution in [0.1, 0.15) is 40.7 Å². The molecule has 0 aliphatic carbocycles. The lowest BCUT2D eigenvalue weighted by Gasteiger charge is -2.47. The van der Waals surface area contributed by atoms with E-state index in [1.165, 1.54) is 13.2 Å². The number of likely N-dealkylation sites (tertiary alicyclic amines) is 2. The SMILES string of the molecule is COC(=O)c1ccc(CN2CC[C@H]3[C@H](CCC(=O)N3CCc3ccccc3F)C2)cc1. The van der Waals surface area contributed by atoms with E-state index >= 15 is 0 Å². The normalized spacial score (nSPS) is 21.6. The summed E-state index contributed by atoms with van der Waals surface area (Å²) in [5.41, 5.74) is 2.39. The number of hydrogen-bond acceptors (Lipinski definition) is 4. The molecule has 2 aliphatic heterocycles. The summed E-state index contributed by atoms with van der Waals surface area (Å²) >= 11 is 0. The van der Waals surface area contributed by atoms with Gasteiger partial charge in [-0.15, -0.1) is 0 Å². The Hall–Kier alpha value is -2.73. The first-order valence-corrected chi connectivity index (χ1v) is 11.0. The second-order valence-corrected chi connectivity index (χ2v) is 8.51. The van der Waals surface area contributed by atoms with Gasteiger partial charge in [-0.3, -0.25) is 9.69 Å². The molecule has 164 valence electrons. The van der Waals surface area contributed by atoms with E-state index in [2.05, 4.69) is 4.90 Å². The molecule has 0 radical (unpaired) electrons. The molecule has 0 saturated carbocycles. The van der Waals surface area contributed by atoms with Crippen molar-refractivity contribution in [1.82, 2.24) is 9.80 Å². The zero-order valence-corrected chi connectivity index (χ0v) is 17.9. The van der Waals surface area contributed by atoms with Gasteiger partial charge in [0.25, 0.3) is 0 Å². The number of esters is 1. The summed E-state index contributed by atoms with van der Waals surface area (Å²) in [5.74, 6) is 0.122. The van der Waals surface area contributed by atoms with Crippen molar-refractivity contribution < 1.29 is 18.7 Å². The van der Waals surface area contributed by atoms with Gasteiger partial charge in [0.15, 0.2) is 0 Å². The topological polar surface area (TPSA) is 49.9 Å². The van der Waals surface area contributed by atoms with Crippen LogP contribution >= 0.6 is 0 Å². The molecule has 2 aliphatic rings. The summed E-state index contributed by atoms with van der Waals surface area (Å²) in [7, 11) is 1.38. The smallest absolute Gasteiger partial charge is 0.337 e. The molecule has 0 spiro atoms. The van der Waals surface area contributed by atoms with Gasteiger partial charge in [0.2, 0.25) is 5.91 Å². The second kappa shape index (κ2) is 9.60. The molecule has 31 heavy (non-hydrogen) atoms. The summed E-state index contributed by atoms with van der Waals surface area (Å²) in [4.78, 5) is 28.7. The van der Waals surface area contributed by atoms with E-state index < -0.39 is 0 Å². The van der Waals surface area contributed by atoms with Crippen molar-refractivity contribution in [3.05, 3.63) is 71.0 Å². The molecule has 2 aromatic carbocycles. The summed E-state index contributed by atoms with van der Waals surface area (Å²) in [6.07, 6.45) is 2.98. The summed E-state index contributed by atoms with van der Waals surface area (Å²) in [6.45, 7) is 3.28. The van der Waals surface area contributed by atoms with Crippen molar-refractivity contribution >= 4 is 11.9 Å². The van der Waals surface area contributed by atoms with E-state index in [9.17, 15) is 14.0 Å². The maximum Gasteiger partial charge on any atom is 0.337 e. The number of rotatable bonds is 6. The molecule has 0 aromatic heterocycles. The predicted molar refractivity (Wildman–Crippen MR) is 116 cm³/mol. The molecule has 2 aromatic rings. The molecular formula is C25H29FN2O3. The summed E-state index contributed by atoms with van der Waals surface area (Å²) < 4.78 is 18.7. The molecule has 0 bridgehead atoms. The Morgan fingerprint density at radius 3 is 2.65 bits per heavy atom. The molecular weight excluding hydrogens is 395 g/mol. The molecule has 4 rings (SSSR count). The maximum atomic E-state index is 14.0. The van der Waals surface area contributed by atoms with Crippen molar-refractivity contribution in [3.63, 3.8) is 0 Å². The number of hydrogen-bond donors (Lipinski definition) is 0. The van der Waals surface area contributed by atoms with E-state index in [-0.39, 0.29) is 23.7 Å². The average molecular weight is 425 g/mol. The number of amides is 1. The lowest BCUT2D eigenvalue weighted by Crippen LogP contribution is -2.56. The van der Waals surface area contributed by atoms with Gasteiger partial charge in [-0.1, -0.05) is 30.3 Å². The van der Waals surface area contributed by atoms with Gasteiger partial charge in [-0.2, -0.15) is 0 Å². The Balaban J connectivity index is 1.35. The minimum atomic E-state index is -0.324. The minimum absolute atomic E-state index is 0.198. The summed E-state index contributed by atoms with van der Waals surface area (Å²) in [6, 6.07) is 14.6. The Kier molecular flexibility index (Phi) is 6.66. The van der Waals surface area contributed by atoms with Crippen LogP contribution in [0.4, 0.5) is 4.39 Å². The largest absolute Gasteiger partial charge is 0.465 e. The number of ether oxygens (including phenoxy) is 1. The van der Waals surface area contributed by atoms with Crippen molar-refractivity contribution in [2.75, 3.05) is 26.7 Å². The average Bonchev–Trinajstić information content (AvgIpc) is 2.79. The Bertz CT molecular complexity index is 931. The second-order valence-electron chi connectivity index (χ2n) is 8.51. The first-order valence-electron chi connectivity index (χ1n) is 11.0. The van der Waals surface area contributed by atoms with Gasteiger partial charge in [-0.05, 0) is 54.5 Å². The molecule has 0 unspecified atom stereocenters. The van der Waals surface area contributed by atoms with Gasteiger partial charge >= 0.3 is 5.97 Å². The Morgan fingerprint density at radius 2 is 1.90 bits per heavy atom. The van der Waals surface area contributed by atoms with Crippen molar-refractivity contribution in [2.45, 2.75) is 38.3 Å². The lowest BCUT2D eigenvalue weighted by molar-refractivity contribution is -0.141. The molecule has 2 fully saturated rings. The van der Waals surface area contributed by atoms with Crippen molar-refractivity contribution in [2.24, 2.45) is 5.92 Å². The molecule has 5 nitrogen and oxygen atoms in total. The van der Waals surface area contributed by atoms with E-state index in [1.807, 2.05) is 23.1 Å². The van der Waals surface area contributed by atoms with Crippen LogP contribution in [-0.4, -0.2) is 54.5 Å². The maximum absolute atomic E-state index is 14.0. The number of carbonyl (C=O) groups is 2. The third-order valence-corrected chi connectivity index (χ3v) is 6.59. The lowest BCUT2D eigenvalue weighted by atomic mass is 9.83. The Labute approximate surface area is 182 Å². The minimum Gasteiger partial charge on any atom is -0.465 e. The molecule has 2 saturated heterocycles.